The second-order valence-electron chi connectivity index (χ2n) is 6.06. The zero-order chi connectivity index (χ0) is 16.2. The predicted octanol–water partition coefficient (Wildman–Crippen LogP) is 1.93. The maximum Gasteiger partial charge on any atom is 1.00 e. The third-order valence-corrected chi connectivity index (χ3v) is 4.11. The summed E-state index contributed by atoms with van der Waals surface area (Å²) in [6.07, 6.45) is 13.4. The van der Waals surface area contributed by atoms with Crippen molar-refractivity contribution in [1.82, 2.24) is 0 Å². The molecular formula is C19H29NaO3. The van der Waals surface area contributed by atoms with Gasteiger partial charge in [-0.15, -0.1) is 5.75 Å². The van der Waals surface area contributed by atoms with E-state index < -0.39 is 5.97 Å². The molecule has 0 heterocycles. The van der Waals surface area contributed by atoms with Crippen LogP contribution in [0.4, 0.5) is 0 Å². The summed E-state index contributed by atoms with van der Waals surface area (Å²) in [4.78, 5) is 11.1. The van der Waals surface area contributed by atoms with Gasteiger partial charge in [0.1, 0.15) is 0 Å². The summed E-state index contributed by atoms with van der Waals surface area (Å²) in [5, 5.41) is 20.3. The molecule has 0 fully saturated rings. The van der Waals surface area contributed by atoms with Crippen LogP contribution in [-0.2, 0) is 6.42 Å². The fourth-order valence-corrected chi connectivity index (χ4v) is 2.78. The first-order valence-electron chi connectivity index (χ1n) is 8.68. The SMILES string of the molecule is CCCCCCCCCCCCc1ccc([O-])cc1C(=O)O.[Na+]. The Morgan fingerprint density at radius 1 is 0.957 bits per heavy atom. The summed E-state index contributed by atoms with van der Waals surface area (Å²) in [7, 11) is 0. The Balaban J connectivity index is 0.00000484. The number of unbranched alkanes of at least 4 members (excludes halogenated alkanes) is 9. The molecule has 0 aliphatic heterocycles. The molecule has 0 unspecified atom stereocenters. The maximum atomic E-state index is 11.2. The van der Waals surface area contributed by atoms with Crippen molar-refractivity contribution in [3.63, 3.8) is 0 Å². The molecule has 124 valence electrons. The van der Waals surface area contributed by atoms with E-state index in [0.717, 1.165) is 24.8 Å². The van der Waals surface area contributed by atoms with E-state index in [4.69, 9.17) is 5.11 Å². The van der Waals surface area contributed by atoms with Gasteiger partial charge < -0.3 is 10.2 Å². The van der Waals surface area contributed by atoms with E-state index in [-0.39, 0.29) is 40.9 Å². The Morgan fingerprint density at radius 2 is 1.48 bits per heavy atom. The van der Waals surface area contributed by atoms with Crippen LogP contribution in [0.5, 0.6) is 5.75 Å². The molecule has 0 atom stereocenters. The molecule has 23 heavy (non-hydrogen) atoms. The van der Waals surface area contributed by atoms with E-state index in [9.17, 15) is 9.90 Å². The van der Waals surface area contributed by atoms with Gasteiger partial charge in [0.2, 0.25) is 0 Å². The largest absolute Gasteiger partial charge is 1.00 e. The molecule has 0 aromatic heterocycles. The number of hydrogen-bond acceptors (Lipinski definition) is 2. The van der Waals surface area contributed by atoms with Gasteiger partial charge >= 0.3 is 35.5 Å². The summed E-state index contributed by atoms with van der Waals surface area (Å²) >= 11 is 0. The van der Waals surface area contributed by atoms with Gasteiger partial charge in [0.25, 0.3) is 0 Å². The van der Waals surface area contributed by atoms with Crippen LogP contribution in [0.2, 0.25) is 0 Å². The molecule has 1 aromatic rings. The summed E-state index contributed by atoms with van der Waals surface area (Å²) in [6, 6.07) is 4.35. The van der Waals surface area contributed by atoms with Crippen molar-refractivity contribution in [2.45, 2.75) is 77.6 Å². The van der Waals surface area contributed by atoms with Gasteiger partial charge in [-0.05, 0) is 18.4 Å². The third-order valence-electron chi connectivity index (χ3n) is 4.11. The first-order valence-corrected chi connectivity index (χ1v) is 8.68. The molecule has 4 heteroatoms. The quantitative estimate of drug-likeness (QED) is 0.471. The van der Waals surface area contributed by atoms with Crippen LogP contribution in [0, 0.1) is 0 Å². The van der Waals surface area contributed by atoms with E-state index in [1.807, 2.05) is 0 Å². The van der Waals surface area contributed by atoms with Crippen LogP contribution < -0.4 is 34.7 Å². The van der Waals surface area contributed by atoms with Gasteiger partial charge in [0.05, 0.1) is 5.56 Å². The van der Waals surface area contributed by atoms with Crippen molar-refractivity contribution in [1.29, 1.82) is 0 Å². The van der Waals surface area contributed by atoms with E-state index in [1.165, 1.54) is 63.5 Å². The van der Waals surface area contributed by atoms with Crippen LogP contribution in [0.25, 0.3) is 0 Å². The van der Waals surface area contributed by atoms with Gasteiger partial charge in [-0.1, -0.05) is 82.9 Å². The smallest absolute Gasteiger partial charge is 0.872 e. The molecule has 1 N–H and O–H groups in total. The third kappa shape index (κ3) is 10.1. The zero-order valence-electron chi connectivity index (χ0n) is 14.8. The van der Waals surface area contributed by atoms with Gasteiger partial charge in [0, 0.05) is 0 Å². The Labute approximate surface area is 162 Å². The number of aryl methyl sites for hydroxylation is 1. The van der Waals surface area contributed by atoms with Crippen molar-refractivity contribution in [3.05, 3.63) is 29.3 Å². The average molecular weight is 328 g/mol. The molecule has 1 aromatic carbocycles. The number of carboxylic acid groups (broad SMARTS) is 1. The molecular weight excluding hydrogens is 299 g/mol. The summed E-state index contributed by atoms with van der Waals surface area (Å²) in [5.74, 6) is -1.23. The van der Waals surface area contributed by atoms with Crippen molar-refractivity contribution < 1.29 is 44.6 Å². The van der Waals surface area contributed by atoms with E-state index in [2.05, 4.69) is 6.92 Å². The fourth-order valence-electron chi connectivity index (χ4n) is 2.78. The molecule has 0 aliphatic rings. The molecule has 0 aliphatic carbocycles. The topological polar surface area (TPSA) is 60.4 Å². The number of aromatic carboxylic acids is 1. The average Bonchev–Trinajstić information content (AvgIpc) is 2.50. The molecule has 0 saturated heterocycles. The van der Waals surface area contributed by atoms with E-state index in [1.54, 1.807) is 6.07 Å². The summed E-state index contributed by atoms with van der Waals surface area (Å²) in [5.41, 5.74) is 0.954. The standard InChI is InChI=1S/C19H30O3.Na/c1-2-3-4-5-6-7-8-9-10-11-12-16-13-14-17(20)15-18(16)19(21)22;/h13-15,20H,2-12H2,1H3,(H,21,22);/q;+1/p-1. The maximum absolute atomic E-state index is 11.2. The number of rotatable bonds is 12. The Kier molecular flexibility index (Phi) is 13.6. The number of carboxylic acids is 1. The summed E-state index contributed by atoms with van der Waals surface area (Å²) in [6.45, 7) is 2.24. The second kappa shape index (κ2) is 13.9. The number of hydrogen-bond donors (Lipinski definition) is 1. The molecule has 0 saturated carbocycles. The second-order valence-corrected chi connectivity index (χ2v) is 6.06. The first-order chi connectivity index (χ1) is 10.6. The van der Waals surface area contributed by atoms with Crippen LogP contribution in [0.3, 0.4) is 0 Å². The summed E-state index contributed by atoms with van der Waals surface area (Å²) < 4.78 is 0. The van der Waals surface area contributed by atoms with Crippen LogP contribution in [0.1, 0.15) is 87.1 Å². The molecule has 0 amide bonds. The van der Waals surface area contributed by atoms with E-state index >= 15 is 0 Å². The minimum Gasteiger partial charge on any atom is -0.872 e. The van der Waals surface area contributed by atoms with E-state index in [0.29, 0.717) is 0 Å². The number of carbonyl (C=O) groups is 1. The molecule has 1 rings (SSSR count). The predicted molar refractivity (Wildman–Crippen MR) is 88.4 cm³/mol. The van der Waals surface area contributed by atoms with Gasteiger partial charge in [-0.3, -0.25) is 0 Å². The Morgan fingerprint density at radius 3 is 2.00 bits per heavy atom. The van der Waals surface area contributed by atoms with Crippen molar-refractivity contribution >= 4 is 5.97 Å². The normalized spacial score (nSPS) is 10.3. The van der Waals surface area contributed by atoms with Crippen LogP contribution in [0.15, 0.2) is 18.2 Å². The van der Waals surface area contributed by atoms with Gasteiger partial charge in [-0.25, -0.2) is 4.79 Å². The molecule has 0 bridgehead atoms. The first kappa shape index (κ1) is 22.5. The molecule has 0 radical (unpaired) electrons. The van der Waals surface area contributed by atoms with Gasteiger partial charge in [-0.2, -0.15) is 0 Å². The Bertz CT molecular complexity index is 446. The minimum absolute atomic E-state index is 0. The Hall–Kier alpha value is -0.510. The fraction of sp³-hybridized carbons (Fsp3) is 0.632. The van der Waals surface area contributed by atoms with Gasteiger partial charge in [0.15, 0.2) is 0 Å². The van der Waals surface area contributed by atoms with Crippen LogP contribution in [-0.4, -0.2) is 11.1 Å². The van der Waals surface area contributed by atoms with Crippen molar-refractivity contribution in [3.8, 4) is 5.75 Å². The molecule has 0 spiro atoms. The van der Waals surface area contributed by atoms with Crippen LogP contribution >= 0.6 is 0 Å². The minimum atomic E-state index is -1.00. The zero-order valence-corrected chi connectivity index (χ0v) is 16.8. The molecule has 3 nitrogen and oxygen atoms in total. The number of benzene rings is 1. The van der Waals surface area contributed by atoms with Crippen molar-refractivity contribution in [2.24, 2.45) is 0 Å². The monoisotopic (exact) mass is 328 g/mol. The van der Waals surface area contributed by atoms with Crippen molar-refractivity contribution in [2.75, 3.05) is 0 Å².